The number of fused-ring (bicyclic) bond motifs is 1. The molecular weight excluding hydrogens is 588 g/mol. The van der Waals surface area contributed by atoms with Crippen molar-refractivity contribution in [2.45, 2.75) is 75.8 Å². The van der Waals surface area contributed by atoms with E-state index in [1.54, 1.807) is 30.5 Å². The van der Waals surface area contributed by atoms with Crippen LogP contribution in [0.15, 0.2) is 52.4 Å². The predicted molar refractivity (Wildman–Crippen MR) is 176 cm³/mol. The van der Waals surface area contributed by atoms with Crippen LogP contribution in [0.2, 0.25) is 0 Å². The summed E-state index contributed by atoms with van der Waals surface area (Å²) in [7, 11) is -3.47. The van der Waals surface area contributed by atoms with Crippen LogP contribution in [0.5, 0.6) is 5.75 Å². The van der Waals surface area contributed by atoms with Gasteiger partial charge in [-0.15, -0.1) is 0 Å². The van der Waals surface area contributed by atoms with E-state index in [1.165, 1.54) is 38.6 Å². The van der Waals surface area contributed by atoms with E-state index in [1.807, 2.05) is 36.9 Å². The number of ether oxygens (including phenoxy) is 1. The highest BCUT2D eigenvalue weighted by atomic mass is 32.2. The summed E-state index contributed by atoms with van der Waals surface area (Å²) in [4.78, 5) is 32.4. The Morgan fingerprint density at radius 1 is 1.02 bits per heavy atom. The van der Waals surface area contributed by atoms with Gasteiger partial charge in [-0.25, -0.2) is 18.4 Å². The number of hydrogen-bond acceptors (Lipinski definition) is 9. The van der Waals surface area contributed by atoms with Gasteiger partial charge in [-0.05, 0) is 76.9 Å². The lowest BCUT2D eigenvalue weighted by atomic mass is 9.99. The molecule has 4 heterocycles. The summed E-state index contributed by atoms with van der Waals surface area (Å²) < 4.78 is 31.1. The second kappa shape index (κ2) is 13.3. The molecule has 1 aromatic heterocycles. The van der Waals surface area contributed by atoms with Crippen LogP contribution < -0.4 is 10.1 Å². The highest BCUT2D eigenvalue weighted by Crippen LogP contribution is 2.35. The highest BCUT2D eigenvalue weighted by Gasteiger charge is 2.29. The topological polar surface area (TPSA) is 117 Å². The second-order valence-electron chi connectivity index (χ2n) is 12.5. The first-order valence-corrected chi connectivity index (χ1v) is 17.9. The number of aromatic nitrogens is 2. The maximum Gasteiger partial charge on any atom is 0.253 e. The molecule has 45 heavy (non-hydrogen) atoms. The van der Waals surface area contributed by atoms with Crippen molar-refractivity contribution in [1.82, 2.24) is 19.8 Å². The number of hydrogen-bond donors (Lipinski definition) is 1. The number of anilines is 2. The first kappa shape index (κ1) is 31.2. The normalized spacial score (nSPS) is 17.5. The van der Waals surface area contributed by atoms with Crippen LogP contribution in [0, 0.1) is 0 Å². The van der Waals surface area contributed by atoms with Crippen molar-refractivity contribution >= 4 is 39.2 Å². The molecule has 238 valence electrons. The Kier molecular flexibility index (Phi) is 9.18. The predicted octanol–water partition coefficient (Wildman–Crippen LogP) is 5.35. The van der Waals surface area contributed by atoms with Gasteiger partial charge in [0.2, 0.25) is 0 Å². The van der Waals surface area contributed by atoms with Crippen LogP contribution in [-0.4, -0.2) is 84.9 Å². The summed E-state index contributed by atoms with van der Waals surface area (Å²) in [5.41, 5.74) is 3.29. The van der Waals surface area contributed by atoms with Crippen molar-refractivity contribution in [1.29, 1.82) is 0 Å². The van der Waals surface area contributed by atoms with Gasteiger partial charge in [0.25, 0.3) is 5.91 Å². The molecule has 2 fully saturated rings. The van der Waals surface area contributed by atoms with Gasteiger partial charge >= 0.3 is 0 Å². The Bertz CT molecular complexity index is 1690. The van der Waals surface area contributed by atoms with E-state index in [2.05, 4.69) is 15.2 Å². The summed E-state index contributed by atoms with van der Waals surface area (Å²) >= 11 is 0. The third kappa shape index (κ3) is 7.20. The van der Waals surface area contributed by atoms with E-state index in [9.17, 15) is 13.2 Å². The molecule has 0 atom stereocenters. The third-order valence-corrected chi connectivity index (χ3v) is 9.89. The SMILES string of the molecule is CC(C)Oc1cc(C(=O)N2CCC(N3CCCCC3)CC2)ccc1Cc1nc2c(c(Nc3ccccc3S(C)(=O)=O)n1)N=CC2. The minimum absolute atomic E-state index is 0.0363. The zero-order chi connectivity index (χ0) is 31.6. The van der Waals surface area contributed by atoms with Crippen molar-refractivity contribution in [3.8, 4) is 5.75 Å². The Labute approximate surface area is 265 Å². The first-order valence-electron chi connectivity index (χ1n) is 16.0. The van der Waals surface area contributed by atoms with Gasteiger partial charge < -0.3 is 19.9 Å². The molecule has 0 unspecified atom stereocenters. The van der Waals surface area contributed by atoms with Crippen molar-refractivity contribution in [3.63, 3.8) is 0 Å². The first-order chi connectivity index (χ1) is 21.7. The monoisotopic (exact) mass is 630 g/mol. The second-order valence-corrected chi connectivity index (χ2v) is 14.5. The van der Waals surface area contributed by atoms with Crippen LogP contribution in [0.3, 0.4) is 0 Å². The van der Waals surface area contributed by atoms with Crippen LogP contribution >= 0.6 is 0 Å². The summed E-state index contributed by atoms with van der Waals surface area (Å²) in [6.07, 6.45) is 9.73. The molecule has 0 spiro atoms. The van der Waals surface area contributed by atoms with Gasteiger partial charge in [0.05, 0.1) is 22.4 Å². The average Bonchev–Trinajstić information content (AvgIpc) is 3.51. The fourth-order valence-electron chi connectivity index (χ4n) is 6.51. The van der Waals surface area contributed by atoms with Crippen LogP contribution in [-0.2, 0) is 22.7 Å². The minimum Gasteiger partial charge on any atom is -0.491 e. The molecule has 1 amide bonds. The van der Waals surface area contributed by atoms with Crippen LogP contribution in [0.4, 0.5) is 17.2 Å². The number of amides is 1. The van der Waals surface area contributed by atoms with Crippen LogP contribution in [0.25, 0.3) is 0 Å². The van der Waals surface area contributed by atoms with Gasteiger partial charge in [0.15, 0.2) is 15.7 Å². The molecule has 10 nitrogen and oxygen atoms in total. The number of rotatable bonds is 9. The standard InChI is InChI=1S/C34H42N6O4S/c1-23(2)44-29-21-25(34(41)40-19-14-26(15-20-40)39-17-7-4-8-18-39)12-11-24(29)22-31-36-28-13-16-35-32(28)33(38-31)37-27-9-5-6-10-30(27)45(3,42)43/h5-6,9-12,16,21,23,26H,4,7-8,13-15,17-20,22H2,1-3H3,(H,36,37,38). The van der Waals surface area contributed by atoms with Gasteiger partial charge in [0, 0.05) is 55.6 Å². The molecular formula is C34H42N6O4S. The number of para-hydroxylation sites is 1. The molecule has 0 aliphatic carbocycles. The van der Waals surface area contributed by atoms with Gasteiger partial charge in [-0.2, -0.15) is 0 Å². The average molecular weight is 631 g/mol. The van der Waals surface area contributed by atoms with Gasteiger partial charge in [0.1, 0.15) is 17.3 Å². The molecule has 0 saturated carbocycles. The molecule has 2 saturated heterocycles. The number of carbonyl (C=O) groups is 1. The van der Waals surface area contributed by atoms with E-state index in [-0.39, 0.29) is 16.9 Å². The molecule has 3 aromatic rings. The maximum atomic E-state index is 13.6. The number of likely N-dealkylation sites (tertiary alicyclic amines) is 2. The molecule has 0 radical (unpaired) electrons. The smallest absolute Gasteiger partial charge is 0.253 e. The fourth-order valence-corrected chi connectivity index (χ4v) is 7.35. The van der Waals surface area contributed by atoms with E-state index >= 15 is 0 Å². The Morgan fingerprint density at radius 2 is 1.78 bits per heavy atom. The summed E-state index contributed by atoms with van der Waals surface area (Å²) in [6, 6.07) is 13.0. The minimum atomic E-state index is -3.47. The van der Waals surface area contributed by atoms with E-state index < -0.39 is 9.84 Å². The Morgan fingerprint density at radius 3 is 2.51 bits per heavy atom. The quantitative estimate of drug-likeness (QED) is 0.336. The number of benzene rings is 2. The number of carbonyl (C=O) groups excluding carboxylic acids is 1. The van der Waals surface area contributed by atoms with Crippen molar-refractivity contribution < 1.29 is 17.9 Å². The van der Waals surface area contributed by atoms with Gasteiger partial charge in [-0.1, -0.05) is 24.6 Å². The molecule has 2 aromatic carbocycles. The van der Waals surface area contributed by atoms with E-state index in [4.69, 9.17) is 14.7 Å². The lowest BCUT2D eigenvalue weighted by Crippen LogP contribution is -2.48. The summed E-state index contributed by atoms with van der Waals surface area (Å²) in [5, 5.41) is 3.21. The van der Waals surface area contributed by atoms with E-state index in [0.29, 0.717) is 53.2 Å². The number of nitrogens with zero attached hydrogens (tertiary/aromatic N) is 5. The summed E-state index contributed by atoms with van der Waals surface area (Å²) in [5.74, 6) is 1.67. The molecule has 6 rings (SSSR count). The molecule has 0 bridgehead atoms. The van der Waals surface area contributed by atoms with Gasteiger partial charge in [-0.3, -0.25) is 9.79 Å². The number of piperidine rings is 2. The molecule has 3 aliphatic heterocycles. The Hall–Kier alpha value is -3.83. The van der Waals surface area contributed by atoms with Crippen molar-refractivity contribution in [2.75, 3.05) is 37.8 Å². The summed E-state index contributed by atoms with van der Waals surface area (Å²) in [6.45, 7) is 7.84. The number of sulfone groups is 1. The molecule has 3 aliphatic rings. The van der Waals surface area contributed by atoms with Crippen LogP contribution in [0.1, 0.15) is 73.4 Å². The third-order valence-electron chi connectivity index (χ3n) is 8.73. The van der Waals surface area contributed by atoms with Crippen molar-refractivity contribution in [2.24, 2.45) is 4.99 Å². The van der Waals surface area contributed by atoms with E-state index in [0.717, 1.165) is 37.2 Å². The lowest BCUT2D eigenvalue weighted by Gasteiger charge is -2.40. The largest absolute Gasteiger partial charge is 0.491 e. The number of nitrogens with one attached hydrogen (secondary N) is 1. The zero-order valence-corrected chi connectivity index (χ0v) is 27.1. The highest BCUT2D eigenvalue weighted by molar-refractivity contribution is 7.90. The molecule has 11 heteroatoms. The lowest BCUT2D eigenvalue weighted by molar-refractivity contribution is 0.0589. The number of aliphatic imine (C=N–C) groups is 1. The molecule has 1 N–H and O–H groups in total. The zero-order valence-electron chi connectivity index (χ0n) is 26.3. The Balaban J connectivity index is 1.22. The maximum absolute atomic E-state index is 13.6. The van der Waals surface area contributed by atoms with Crippen molar-refractivity contribution in [3.05, 3.63) is 65.1 Å². The fraction of sp³-hybridized carbons (Fsp3) is 0.471.